The fraction of sp³-hybridized carbons (Fsp3) is 0.654. The van der Waals surface area contributed by atoms with Crippen LogP contribution in [0.1, 0.15) is 39.0 Å². The van der Waals surface area contributed by atoms with Crippen LogP contribution in [0.4, 0.5) is 18.9 Å². The van der Waals surface area contributed by atoms with E-state index in [2.05, 4.69) is 10.3 Å². The molecule has 192 valence electrons. The van der Waals surface area contributed by atoms with Gasteiger partial charge in [0.25, 0.3) is 0 Å². The number of anilines is 1. The number of H-pyrrole nitrogens is 1. The van der Waals surface area contributed by atoms with Gasteiger partial charge in [-0.3, -0.25) is 9.69 Å². The summed E-state index contributed by atoms with van der Waals surface area (Å²) in [6, 6.07) is 5.82. The molecule has 0 bridgehead atoms. The molecule has 2 aromatic rings. The van der Waals surface area contributed by atoms with Crippen molar-refractivity contribution in [3.05, 3.63) is 24.4 Å². The van der Waals surface area contributed by atoms with Crippen LogP contribution in [-0.2, 0) is 9.53 Å². The maximum atomic E-state index is 12.9. The van der Waals surface area contributed by atoms with E-state index in [1.54, 1.807) is 4.90 Å². The molecular formula is C26H34F3N3O3. The van der Waals surface area contributed by atoms with Gasteiger partial charge in [-0.25, -0.2) is 0 Å². The molecule has 3 fully saturated rings. The summed E-state index contributed by atoms with van der Waals surface area (Å²) in [7, 11) is 0. The highest BCUT2D eigenvalue weighted by Gasteiger charge is 2.43. The zero-order valence-corrected chi connectivity index (χ0v) is 20.1. The van der Waals surface area contributed by atoms with Crippen LogP contribution < -0.4 is 10.1 Å². The number of nitrogens with one attached hydrogen (secondary N) is 2. The molecule has 2 saturated heterocycles. The Labute approximate surface area is 203 Å². The maximum absolute atomic E-state index is 12.9. The molecule has 1 aromatic carbocycles. The van der Waals surface area contributed by atoms with Gasteiger partial charge in [-0.15, -0.1) is 0 Å². The Morgan fingerprint density at radius 1 is 1.23 bits per heavy atom. The van der Waals surface area contributed by atoms with Gasteiger partial charge in [-0.05, 0) is 68.1 Å². The van der Waals surface area contributed by atoms with Gasteiger partial charge in [0.1, 0.15) is 5.75 Å². The summed E-state index contributed by atoms with van der Waals surface area (Å²) < 4.78 is 49.5. The second-order valence-electron chi connectivity index (χ2n) is 10.8. The SMILES string of the molecule is CC1(C(=O)Nc2c[nH]c3ccc(OCC[C@@H]4C[C@@H]5CN(CC(F)(F)F)C[C@@H]5C4)cc23)CCOCC1. The molecule has 0 unspecified atom stereocenters. The first-order chi connectivity index (χ1) is 16.7. The second kappa shape index (κ2) is 9.65. The van der Waals surface area contributed by atoms with Gasteiger partial charge in [0.05, 0.1) is 24.3 Å². The van der Waals surface area contributed by atoms with Gasteiger partial charge in [0.2, 0.25) is 5.91 Å². The van der Waals surface area contributed by atoms with E-state index in [0.29, 0.717) is 63.5 Å². The summed E-state index contributed by atoms with van der Waals surface area (Å²) in [5.74, 6) is 2.02. The fourth-order valence-electron chi connectivity index (χ4n) is 6.10. The van der Waals surface area contributed by atoms with Crippen molar-refractivity contribution in [2.75, 3.05) is 44.8 Å². The number of carbonyl (C=O) groups excluding carboxylic acids is 1. The lowest BCUT2D eigenvalue weighted by Gasteiger charge is -2.31. The molecule has 1 saturated carbocycles. The van der Waals surface area contributed by atoms with Gasteiger partial charge in [-0.1, -0.05) is 6.92 Å². The zero-order chi connectivity index (χ0) is 24.6. The summed E-state index contributed by atoms with van der Waals surface area (Å²) in [6.07, 6.45) is 1.99. The Bertz CT molecular complexity index is 1030. The van der Waals surface area contributed by atoms with Crippen molar-refractivity contribution < 1.29 is 27.4 Å². The number of rotatable bonds is 7. The standard InChI is InChI=1S/C26H34F3N3O3/c1-25(5-8-34-9-6-25)24(33)31-23-13-30-22-3-2-20(12-21(22)23)35-7-4-17-10-18-14-32(15-19(18)11-17)16-26(27,28)29/h2-3,12-13,17-19,30H,4-11,14-16H2,1H3,(H,31,33)/t17-,18-,19+. The van der Waals surface area contributed by atoms with Crippen LogP contribution in [0.5, 0.6) is 5.75 Å². The highest BCUT2D eigenvalue weighted by atomic mass is 19.4. The number of benzene rings is 1. The summed E-state index contributed by atoms with van der Waals surface area (Å²) in [5.41, 5.74) is 1.24. The molecule has 5 rings (SSSR count). The summed E-state index contributed by atoms with van der Waals surface area (Å²) in [6.45, 7) is 4.10. The first-order valence-electron chi connectivity index (χ1n) is 12.6. The van der Waals surface area contributed by atoms with E-state index in [0.717, 1.165) is 41.6 Å². The van der Waals surface area contributed by atoms with E-state index in [1.165, 1.54) is 0 Å². The van der Waals surface area contributed by atoms with E-state index < -0.39 is 18.1 Å². The summed E-state index contributed by atoms with van der Waals surface area (Å²) in [5, 5.41) is 4.00. The Hall–Kier alpha value is -2.26. The molecule has 3 aliphatic rings. The predicted molar refractivity (Wildman–Crippen MR) is 127 cm³/mol. The smallest absolute Gasteiger partial charge is 0.401 e. The zero-order valence-electron chi connectivity index (χ0n) is 20.1. The molecule has 0 radical (unpaired) electrons. The van der Waals surface area contributed by atoms with E-state index in [4.69, 9.17) is 9.47 Å². The number of nitrogens with zero attached hydrogens (tertiary/aromatic N) is 1. The lowest BCUT2D eigenvalue weighted by Crippen LogP contribution is -2.38. The van der Waals surface area contributed by atoms with Crippen molar-refractivity contribution >= 4 is 22.5 Å². The molecule has 3 atom stereocenters. The number of hydrogen-bond donors (Lipinski definition) is 2. The van der Waals surface area contributed by atoms with Crippen molar-refractivity contribution in [2.24, 2.45) is 23.2 Å². The van der Waals surface area contributed by atoms with Crippen molar-refractivity contribution in [1.29, 1.82) is 0 Å². The summed E-state index contributed by atoms with van der Waals surface area (Å²) in [4.78, 5) is 17.7. The number of likely N-dealkylation sites (tertiary alicyclic amines) is 1. The molecule has 2 N–H and O–H groups in total. The average Bonchev–Trinajstić information content (AvgIpc) is 3.46. The number of alkyl halides is 3. The topological polar surface area (TPSA) is 66.6 Å². The van der Waals surface area contributed by atoms with Gasteiger partial charge in [0.15, 0.2) is 0 Å². The second-order valence-corrected chi connectivity index (χ2v) is 10.8. The number of fused-ring (bicyclic) bond motifs is 2. The van der Waals surface area contributed by atoms with Crippen molar-refractivity contribution in [2.45, 2.75) is 45.2 Å². The van der Waals surface area contributed by atoms with Gasteiger partial charge in [-0.2, -0.15) is 13.2 Å². The molecule has 6 nitrogen and oxygen atoms in total. The molecule has 0 spiro atoms. The van der Waals surface area contributed by atoms with E-state index in [1.807, 2.05) is 31.3 Å². The lowest BCUT2D eigenvalue weighted by molar-refractivity contribution is -0.144. The maximum Gasteiger partial charge on any atom is 0.401 e. The van der Waals surface area contributed by atoms with Crippen LogP contribution in [0.25, 0.3) is 10.9 Å². The normalized spacial score (nSPS) is 26.7. The van der Waals surface area contributed by atoms with Gasteiger partial charge >= 0.3 is 6.18 Å². The van der Waals surface area contributed by atoms with E-state index in [-0.39, 0.29) is 5.91 Å². The Balaban J connectivity index is 1.13. The van der Waals surface area contributed by atoms with E-state index >= 15 is 0 Å². The minimum atomic E-state index is -4.11. The third-order valence-corrected chi connectivity index (χ3v) is 8.17. The average molecular weight is 494 g/mol. The van der Waals surface area contributed by atoms with Gasteiger partial charge < -0.3 is 19.8 Å². The first kappa shape index (κ1) is 24.4. The van der Waals surface area contributed by atoms with Crippen LogP contribution in [-0.4, -0.2) is 61.4 Å². The van der Waals surface area contributed by atoms with Crippen LogP contribution in [0.15, 0.2) is 24.4 Å². The number of amides is 1. The minimum absolute atomic E-state index is 0.00797. The number of halogens is 3. The lowest BCUT2D eigenvalue weighted by atomic mass is 9.81. The number of aromatic nitrogens is 1. The largest absolute Gasteiger partial charge is 0.494 e. The van der Waals surface area contributed by atoms with E-state index in [9.17, 15) is 18.0 Å². The molecule has 9 heteroatoms. The third kappa shape index (κ3) is 5.61. The van der Waals surface area contributed by atoms with Crippen molar-refractivity contribution in [3.8, 4) is 5.75 Å². The third-order valence-electron chi connectivity index (χ3n) is 8.17. The Kier molecular flexibility index (Phi) is 6.74. The van der Waals surface area contributed by atoms with Crippen LogP contribution >= 0.6 is 0 Å². The van der Waals surface area contributed by atoms with Gasteiger partial charge in [0, 0.05) is 43.4 Å². The van der Waals surface area contributed by atoms with Crippen LogP contribution in [0, 0.1) is 23.2 Å². The molecule has 2 aliphatic heterocycles. The fourth-order valence-corrected chi connectivity index (χ4v) is 6.10. The highest BCUT2D eigenvalue weighted by molar-refractivity contribution is 6.03. The highest BCUT2D eigenvalue weighted by Crippen LogP contribution is 2.43. The molecule has 3 heterocycles. The molecule has 1 aliphatic carbocycles. The first-order valence-corrected chi connectivity index (χ1v) is 12.6. The monoisotopic (exact) mass is 493 g/mol. The number of carbonyl (C=O) groups is 1. The Morgan fingerprint density at radius 3 is 2.63 bits per heavy atom. The molecule has 1 amide bonds. The summed E-state index contributed by atoms with van der Waals surface area (Å²) >= 11 is 0. The predicted octanol–water partition coefficient (Wildman–Crippen LogP) is 5.21. The molecule has 1 aromatic heterocycles. The minimum Gasteiger partial charge on any atom is -0.494 e. The van der Waals surface area contributed by atoms with Crippen LogP contribution in [0.3, 0.4) is 0 Å². The number of ether oxygens (including phenoxy) is 2. The number of aromatic amines is 1. The van der Waals surface area contributed by atoms with Crippen molar-refractivity contribution in [1.82, 2.24) is 9.88 Å². The molecule has 35 heavy (non-hydrogen) atoms. The Morgan fingerprint density at radius 2 is 1.94 bits per heavy atom. The van der Waals surface area contributed by atoms with Crippen LogP contribution in [0.2, 0.25) is 0 Å². The molecular weight excluding hydrogens is 459 g/mol. The van der Waals surface area contributed by atoms with Crippen molar-refractivity contribution in [3.63, 3.8) is 0 Å². The quantitative estimate of drug-likeness (QED) is 0.556. The number of hydrogen-bond acceptors (Lipinski definition) is 4.